The van der Waals surface area contributed by atoms with Gasteiger partial charge in [0.15, 0.2) is 0 Å². The molecule has 1 fully saturated rings. The first kappa shape index (κ1) is 24.0. The average Bonchev–Trinajstić information content (AvgIpc) is 2.73. The smallest absolute Gasteiger partial charge is 0.111 e. The number of benzene rings is 1. The predicted molar refractivity (Wildman–Crippen MR) is 112 cm³/mol. The normalized spacial score (nSPS) is 30.6. The van der Waals surface area contributed by atoms with Crippen LogP contribution in [0.15, 0.2) is 35.4 Å². The largest absolute Gasteiger partial charge is 0.394 e. The van der Waals surface area contributed by atoms with Crippen molar-refractivity contribution < 1.29 is 29.9 Å². The van der Waals surface area contributed by atoms with Crippen LogP contribution in [0.1, 0.15) is 38.8 Å². The monoisotopic (exact) mass is 408 g/mol. The van der Waals surface area contributed by atoms with Crippen LogP contribution in [-0.2, 0) is 22.3 Å². The average molecular weight is 409 g/mol. The summed E-state index contributed by atoms with van der Waals surface area (Å²) in [5.41, 5.74) is 4.72. The van der Waals surface area contributed by atoms with Crippen LogP contribution < -0.4 is 0 Å². The molecule has 0 aliphatic carbocycles. The van der Waals surface area contributed by atoms with E-state index < -0.39 is 37.1 Å². The van der Waals surface area contributed by atoms with E-state index >= 15 is 0 Å². The van der Waals surface area contributed by atoms with E-state index in [9.17, 15) is 20.4 Å². The van der Waals surface area contributed by atoms with Gasteiger partial charge in [-0.1, -0.05) is 43.7 Å². The molecular formula is C23H36O6. The summed E-state index contributed by atoms with van der Waals surface area (Å²) in [7, 11) is 1.61. The summed E-state index contributed by atoms with van der Waals surface area (Å²) >= 11 is 0. The van der Waals surface area contributed by atoms with Crippen LogP contribution in [0.5, 0.6) is 0 Å². The molecule has 1 aromatic rings. The number of allylic oxidation sites excluding steroid dienone is 1. The van der Waals surface area contributed by atoms with E-state index in [-0.39, 0.29) is 12.0 Å². The van der Waals surface area contributed by atoms with E-state index in [2.05, 4.69) is 38.1 Å². The van der Waals surface area contributed by atoms with E-state index in [1.807, 2.05) is 13.8 Å². The Morgan fingerprint density at radius 1 is 1.03 bits per heavy atom. The van der Waals surface area contributed by atoms with Gasteiger partial charge in [-0.2, -0.15) is 0 Å². The minimum atomic E-state index is -1.38. The second kappa shape index (κ2) is 10.7. The van der Waals surface area contributed by atoms with Gasteiger partial charge in [-0.05, 0) is 43.4 Å². The van der Waals surface area contributed by atoms with Crippen molar-refractivity contribution in [3.05, 3.63) is 46.5 Å². The van der Waals surface area contributed by atoms with Gasteiger partial charge in [-0.25, -0.2) is 0 Å². The van der Waals surface area contributed by atoms with Crippen LogP contribution in [0, 0.1) is 5.92 Å². The zero-order valence-corrected chi connectivity index (χ0v) is 18.1. The molecule has 0 radical (unpaired) electrons. The second-order valence-corrected chi connectivity index (χ2v) is 8.12. The van der Waals surface area contributed by atoms with Crippen molar-refractivity contribution in [3.8, 4) is 0 Å². The summed E-state index contributed by atoms with van der Waals surface area (Å²) in [6.07, 6.45) is -4.24. The standard InChI is InChI=1S/C23H36O6/c1-6-16-7-9-17(10-8-16)11-13(2)14(3)22(28-5)15(4)23-21(27)20(26)19(25)18(12-24)29-23/h7-10,15,18-27H,6,11-12H2,1-5H3/b14-13+/t15?,18-,19-,20+,21-,22?,23+/m1/s1. The molecule has 6 nitrogen and oxygen atoms in total. The molecule has 6 heteroatoms. The molecule has 1 heterocycles. The van der Waals surface area contributed by atoms with Gasteiger partial charge in [0.25, 0.3) is 0 Å². The van der Waals surface area contributed by atoms with Crippen molar-refractivity contribution in [2.45, 2.75) is 77.2 Å². The summed E-state index contributed by atoms with van der Waals surface area (Å²) in [4.78, 5) is 0. The molecule has 1 aliphatic heterocycles. The third-order valence-corrected chi connectivity index (χ3v) is 6.18. The summed E-state index contributed by atoms with van der Waals surface area (Å²) in [5, 5.41) is 40.0. The van der Waals surface area contributed by atoms with Crippen molar-refractivity contribution >= 4 is 0 Å². The van der Waals surface area contributed by atoms with E-state index in [4.69, 9.17) is 9.47 Å². The Labute approximate surface area is 173 Å². The Kier molecular flexibility index (Phi) is 8.82. The number of hydrogen-bond acceptors (Lipinski definition) is 6. The summed E-state index contributed by atoms with van der Waals surface area (Å²) in [6, 6.07) is 8.56. The number of rotatable bonds is 8. The molecule has 1 saturated heterocycles. The lowest BCUT2D eigenvalue weighted by Crippen LogP contribution is -2.61. The first-order chi connectivity index (χ1) is 13.7. The Hall–Kier alpha value is -1.28. The predicted octanol–water partition coefficient (Wildman–Crippen LogP) is 1.62. The molecule has 164 valence electrons. The molecule has 1 aromatic carbocycles. The van der Waals surface area contributed by atoms with Crippen LogP contribution >= 0.6 is 0 Å². The number of methoxy groups -OCH3 is 1. The van der Waals surface area contributed by atoms with Gasteiger partial charge in [0, 0.05) is 13.0 Å². The van der Waals surface area contributed by atoms with Crippen molar-refractivity contribution in [2.75, 3.05) is 13.7 Å². The third-order valence-electron chi connectivity index (χ3n) is 6.18. The van der Waals surface area contributed by atoms with Crippen LogP contribution in [0.3, 0.4) is 0 Å². The van der Waals surface area contributed by atoms with Gasteiger partial charge in [-0.3, -0.25) is 0 Å². The molecule has 0 bridgehead atoms. The van der Waals surface area contributed by atoms with Gasteiger partial charge in [0.2, 0.25) is 0 Å². The zero-order valence-electron chi connectivity index (χ0n) is 18.1. The Balaban J connectivity index is 2.19. The first-order valence-electron chi connectivity index (χ1n) is 10.3. The SMILES string of the molecule is CCc1ccc(C/C(C)=C(\C)C(OC)C(C)[C@@H]2O[C@H](CO)[C@@H](O)[C@H](O)[C@H]2O)cc1. The number of hydrogen-bond donors (Lipinski definition) is 4. The number of aliphatic hydroxyl groups is 4. The van der Waals surface area contributed by atoms with E-state index in [0.717, 1.165) is 24.0 Å². The maximum Gasteiger partial charge on any atom is 0.111 e. The number of ether oxygens (including phenoxy) is 2. The fraction of sp³-hybridized carbons (Fsp3) is 0.652. The minimum absolute atomic E-state index is 0.302. The van der Waals surface area contributed by atoms with E-state index in [0.29, 0.717) is 0 Å². The van der Waals surface area contributed by atoms with E-state index in [1.54, 1.807) is 7.11 Å². The van der Waals surface area contributed by atoms with Gasteiger partial charge < -0.3 is 29.9 Å². The van der Waals surface area contributed by atoms with Gasteiger partial charge in [-0.15, -0.1) is 0 Å². The highest BCUT2D eigenvalue weighted by molar-refractivity contribution is 5.28. The van der Waals surface area contributed by atoms with Gasteiger partial charge >= 0.3 is 0 Å². The molecule has 0 amide bonds. The van der Waals surface area contributed by atoms with Crippen molar-refractivity contribution in [2.24, 2.45) is 5.92 Å². The van der Waals surface area contributed by atoms with Crippen LogP contribution in [-0.4, -0.2) is 70.8 Å². The maximum atomic E-state index is 10.5. The van der Waals surface area contributed by atoms with Crippen LogP contribution in [0.4, 0.5) is 0 Å². The molecule has 0 spiro atoms. The topological polar surface area (TPSA) is 99.4 Å². The van der Waals surface area contributed by atoms with Crippen molar-refractivity contribution in [1.82, 2.24) is 0 Å². The molecule has 2 rings (SSSR count). The fourth-order valence-corrected chi connectivity index (χ4v) is 4.10. The number of aliphatic hydroxyl groups excluding tert-OH is 4. The Morgan fingerprint density at radius 2 is 1.62 bits per heavy atom. The molecular weight excluding hydrogens is 372 g/mol. The number of aryl methyl sites for hydroxylation is 1. The Morgan fingerprint density at radius 3 is 2.14 bits per heavy atom. The second-order valence-electron chi connectivity index (χ2n) is 8.12. The van der Waals surface area contributed by atoms with Gasteiger partial charge in [0.05, 0.1) is 18.8 Å². The molecule has 0 aromatic heterocycles. The third kappa shape index (κ3) is 5.45. The zero-order chi connectivity index (χ0) is 21.7. The van der Waals surface area contributed by atoms with E-state index in [1.165, 1.54) is 11.1 Å². The lowest BCUT2D eigenvalue weighted by atomic mass is 9.82. The highest BCUT2D eigenvalue weighted by Gasteiger charge is 2.47. The summed E-state index contributed by atoms with van der Waals surface area (Å²) < 4.78 is 11.5. The summed E-state index contributed by atoms with van der Waals surface area (Å²) in [5.74, 6) is -0.302. The Bertz CT molecular complexity index is 668. The minimum Gasteiger partial charge on any atom is -0.394 e. The first-order valence-corrected chi connectivity index (χ1v) is 10.3. The quantitative estimate of drug-likeness (QED) is 0.488. The molecule has 1 aliphatic rings. The fourth-order valence-electron chi connectivity index (χ4n) is 4.10. The van der Waals surface area contributed by atoms with Gasteiger partial charge in [0.1, 0.15) is 24.4 Å². The lowest BCUT2D eigenvalue weighted by Gasteiger charge is -2.44. The highest BCUT2D eigenvalue weighted by atomic mass is 16.5. The molecule has 29 heavy (non-hydrogen) atoms. The molecule has 0 saturated carbocycles. The maximum absolute atomic E-state index is 10.5. The van der Waals surface area contributed by atoms with Crippen molar-refractivity contribution in [1.29, 1.82) is 0 Å². The van der Waals surface area contributed by atoms with Crippen molar-refractivity contribution in [3.63, 3.8) is 0 Å². The summed E-state index contributed by atoms with van der Waals surface area (Å²) in [6.45, 7) is 7.65. The highest BCUT2D eigenvalue weighted by Crippen LogP contribution is 2.31. The molecule has 4 N–H and O–H groups in total. The molecule has 2 unspecified atom stereocenters. The van der Waals surface area contributed by atoms with Crippen LogP contribution in [0.2, 0.25) is 0 Å². The molecule has 7 atom stereocenters. The van der Waals surface area contributed by atoms with Crippen LogP contribution in [0.25, 0.3) is 0 Å². The lowest BCUT2D eigenvalue weighted by molar-refractivity contribution is -0.245.